The second kappa shape index (κ2) is 6.81. The van der Waals surface area contributed by atoms with Crippen molar-refractivity contribution in [3.8, 4) is 0 Å². The number of aromatic nitrogens is 2. The third kappa shape index (κ3) is 3.79. The first kappa shape index (κ1) is 16.1. The van der Waals surface area contributed by atoms with Crippen LogP contribution in [0.25, 0.3) is 0 Å². The number of nitrogens with one attached hydrogen (secondary N) is 1. The van der Waals surface area contributed by atoms with Crippen molar-refractivity contribution in [3.05, 3.63) is 52.0 Å². The van der Waals surface area contributed by atoms with E-state index in [9.17, 15) is 0 Å². The molecule has 23 heavy (non-hydrogen) atoms. The number of fused-ring (bicyclic) bond motifs is 1. The number of imidazole rings is 1. The maximum absolute atomic E-state index is 6.23. The van der Waals surface area contributed by atoms with Gasteiger partial charge in [-0.15, -0.1) is 0 Å². The summed E-state index contributed by atoms with van der Waals surface area (Å²) in [5, 5.41) is 4.43. The summed E-state index contributed by atoms with van der Waals surface area (Å²) in [6, 6.07) is 5.55. The molecule has 2 aromatic rings. The lowest BCUT2D eigenvalue weighted by atomic mass is 10.1. The van der Waals surface area contributed by atoms with E-state index in [1.165, 1.54) is 0 Å². The van der Waals surface area contributed by atoms with Gasteiger partial charge in [-0.25, -0.2) is 9.98 Å². The maximum atomic E-state index is 6.23. The second-order valence-corrected chi connectivity index (χ2v) is 6.57. The maximum Gasteiger partial charge on any atom is 0.189 e. The number of nitrogens with zero attached hydrogens (tertiary/aromatic N) is 3. The van der Waals surface area contributed by atoms with Crippen molar-refractivity contribution in [2.24, 2.45) is 10.7 Å². The molecule has 0 aliphatic carbocycles. The topological polar surface area (TPSA) is 68.2 Å². The Balaban J connectivity index is 1.65. The van der Waals surface area contributed by atoms with Crippen molar-refractivity contribution in [1.29, 1.82) is 0 Å². The molecule has 2 atom stereocenters. The van der Waals surface area contributed by atoms with Crippen LogP contribution in [-0.2, 0) is 13.0 Å². The first-order valence-corrected chi connectivity index (χ1v) is 8.33. The minimum Gasteiger partial charge on any atom is -0.370 e. The van der Waals surface area contributed by atoms with Gasteiger partial charge in [0.1, 0.15) is 5.82 Å². The number of aliphatic imine (C=N–C) groups is 1. The molecule has 1 aromatic heterocycles. The zero-order valence-corrected chi connectivity index (χ0v) is 14.3. The number of aryl methyl sites for hydroxylation is 1. The van der Waals surface area contributed by atoms with Gasteiger partial charge in [0, 0.05) is 35.4 Å². The van der Waals surface area contributed by atoms with Crippen LogP contribution in [0.1, 0.15) is 30.8 Å². The number of hydrogen-bond donors (Lipinski definition) is 2. The van der Waals surface area contributed by atoms with Crippen molar-refractivity contribution in [2.75, 3.05) is 0 Å². The van der Waals surface area contributed by atoms with Gasteiger partial charge in [0.15, 0.2) is 5.96 Å². The van der Waals surface area contributed by atoms with Gasteiger partial charge in [-0.05, 0) is 31.0 Å². The normalized spacial score (nSPS) is 19.3. The monoisotopic (exact) mass is 351 g/mol. The summed E-state index contributed by atoms with van der Waals surface area (Å²) >= 11 is 12.2. The minimum absolute atomic E-state index is 0.0471. The van der Waals surface area contributed by atoms with Gasteiger partial charge in [0.25, 0.3) is 0 Å². The zero-order valence-electron chi connectivity index (χ0n) is 12.8. The van der Waals surface area contributed by atoms with E-state index in [1.54, 1.807) is 6.07 Å². The quantitative estimate of drug-likeness (QED) is 0.659. The van der Waals surface area contributed by atoms with Crippen LogP contribution in [0.5, 0.6) is 0 Å². The lowest BCUT2D eigenvalue weighted by Crippen LogP contribution is -2.36. The van der Waals surface area contributed by atoms with Crippen LogP contribution < -0.4 is 11.1 Å². The second-order valence-electron chi connectivity index (χ2n) is 5.73. The highest BCUT2D eigenvalue weighted by atomic mass is 35.5. The molecule has 0 saturated carbocycles. The standard InChI is InChI=1S/C16H19Cl2N5/c1-10(13-3-2-11(17)8-14(13)18)21-16(19)22-12-4-6-23-7-5-20-15(23)9-12/h2-3,5,7-8,10,12H,4,6,9H2,1H3,(H3,19,21,22). The van der Waals surface area contributed by atoms with E-state index in [0.717, 1.165) is 30.8 Å². The van der Waals surface area contributed by atoms with Crippen molar-refractivity contribution < 1.29 is 0 Å². The molecule has 0 amide bonds. The minimum atomic E-state index is -0.0471. The molecule has 1 aromatic carbocycles. The average molecular weight is 352 g/mol. The molecular weight excluding hydrogens is 333 g/mol. The van der Waals surface area contributed by atoms with Gasteiger partial charge >= 0.3 is 0 Å². The van der Waals surface area contributed by atoms with E-state index >= 15 is 0 Å². The van der Waals surface area contributed by atoms with Crippen LogP contribution in [0, 0.1) is 0 Å². The van der Waals surface area contributed by atoms with E-state index in [4.69, 9.17) is 28.9 Å². The van der Waals surface area contributed by atoms with Gasteiger partial charge in [0.05, 0.1) is 12.1 Å². The van der Waals surface area contributed by atoms with E-state index in [1.807, 2.05) is 31.5 Å². The van der Waals surface area contributed by atoms with Crippen molar-refractivity contribution in [3.63, 3.8) is 0 Å². The molecule has 0 spiro atoms. The van der Waals surface area contributed by atoms with E-state index < -0.39 is 0 Å². The van der Waals surface area contributed by atoms with Crippen LogP contribution in [0.15, 0.2) is 35.6 Å². The first-order chi connectivity index (χ1) is 11.0. The van der Waals surface area contributed by atoms with Crippen LogP contribution in [0.3, 0.4) is 0 Å². The summed E-state index contributed by atoms with van der Waals surface area (Å²) in [5.74, 6) is 1.49. The summed E-state index contributed by atoms with van der Waals surface area (Å²) in [4.78, 5) is 8.93. The lowest BCUT2D eigenvalue weighted by molar-refractivity contribution is 0.463. The molecule has 1 aliphatic heterocycles. The summed E-state index contributed by atoms with van der Waals surface area (Å²) < 4.78 is 2.16. The van der Waals surface area contributed by atoms with Crippen LogP contribution >= 0.6 is 23.2 Å². The Hall–Kier alpha value is -1.72. The van der Waals surface area contributed by atoms with Gasteiger partial charge in [0.2, 0.25) is 0 Å². The number of hydrogen-bond acceptors (Lipinski definition) is 2. The van der Waals surface area contributed by atoms with Gasteiger partial charge < -0.3 is 15.6 Å². The molecule has 0 radical (unpaired) electrons. The Morgan fingerprint density at radius 3 is 3.09 bits per heavy atom. The average Bonchev–Trinajstić information content (AvgIpc) is 2.94. The Morgan fingerprint density at radius 1 is 1.48 bits per heavy atom. The van der Waals surface area contributed by atoms with E-state index in [0.29, 0.717) is 16.0 Å². The molecule has 3 N–H and O–H groups in total. The fourth-order valence-electron chi connectivity index (χ4n) is 2.83. The van der Waals surface area contributed by atoms with Crippen LogP contribution in [0.2, 0.25) is 10.0 Å². The number of nitrogens with two attached hydrogens (primary N) is 1. The van der Waals surface area contributed by atoms with Crippen molar-refractivity contribution >= 4 is 29.2 Å². The molecular formula is C16H19Cl2N5. The van der Waals surface area contributed by atoms with E-state index in [-0.39, 0.29) is 12.1 Å². The van der Waals surface area contributed by atoms with Crippen molar-refractivity contribution in [2.45, 2.75) is 38.4 Å². The predicted molar refractivity (Wildman–Crippen MR) is 94.0 cm³/mol. The Kier molecular flexibility index (Phi) is 4.78. The lowest BCUT2D eigenvalue weighted by Gasteiger charge is -2.22. The third-order valence-electron chi connectivity index (χ3n) is 4.04. The molecule has 2 unspecified atom stereocenters. The number of guanidine groups is 1. The fourth-order valence-corrected chi connectivity index (χ4v) is 3.40. The molecule has 5 nitrogen and oxygen atoms in total. The summed E-state index contributed by atoms with van der Waals surface area (Å²) in [7, 11) is 0. The third-order valence-corrected chi connectivity index (χ3v) is 4.60. The highest BCUT2D eigenvalue weighted by Crippen LogP contribution is 2.26. The molecule has 1 aliphatic rings. The summed E-state index contributed by atoms with van der Waals surface area (Å²) in [5.41, 5.74) is 7.00. The number of benzene rings is 1. The van der Waals surface area contributed by atoms with Crippen LogP contribution in [-0.4, -0.2) is 21.6 Å². The van der Waals surface area contributed by atoms with Crippen molar-refractivity contribution in [1.82, 2.24) is 14.9 Å². The molecule has 0 fully saturated rings. The highest BCUT2D eigenvalue weighted by Gasteiger charge is 2.19. The highest BCUT2D eigenvalue weighted by molar-refractivity contribution is 6.35. The Labute approximate surface area is 145 Å². The SMILES string of the molecule is CC(NC(N)=NC1CCn2ccnc2C1)c1ccc(Cl)cc1Cl. The Morgan fingerprint density at radius 2 is 2.30 bits per heavy atom. The van der Waals surface area contributed by atoms with Crippen LogP contribution in [0.4, 0.5) is 0 Å². The summed E-state index contributed by atoms with van der Waals surface area (Å²) in [6.07, 6.45) is 5.60. The smallest absolute Gasteiger partial charge is 0.189 e. The number of rotatable bonds is 3. The van der Waals surface area contributed by atoms with Gasteiger partial charge in [-0.3, -0.25) is 0 Å². The van der Waals surface area contributed by atoms with E-state index in [2.05, 4.69) is 19.9 Å². The molecule has 0 saturated heterocycles. The van der Waals surface area contributed by atoms with Gasteiger partial charge in [-0.1, -0.05) is 29.3 Å². The fraction of sp³-hybridized carbons (Fsp3) is 0.375. The number of halogens is 2. The summed E-state index contributed by atoms with van der Waals surface area (Å²) in [6.45, 7) is 2.92. The predicted octanol–water partition coefficient (Wildman–Crippen LogP) is 3.17. The molecule has 2 heterocycles. The first-order valence-electron chi connectivity index (χ1n) is 7.57. The Bertz CT molecular complexity index is 725. The molecule has 3 rings (SSSR count). The molecule has 0 bridgehead atoms. The molecule has 7 heteroatoms. The van der Waals surface area contributed by atoms with Gasteiger partial charge in [-0.2, -0.15) is 0 Å². The molecule has 122 valence electrons. The largest absolute Gasteiger partial charge is 0.370 e. The zero-order chi connectivity index (χ0) is 16.4.